The van der Waals surface area contributed by atoms with E-state index in [1.807, 2.05) is 0 Å². The quantitative estimate of drug-likeness (QED) is 0.387. The average Bonchev–Trinajstić information content (AvgIpc) is 2.57. The number of benzene rings is 1. The van der Waals surface area contributed by atoms with E-state index in [2.05, 4.69) is 19.2 Å². The molecule has 1 rings (SSSR count). The van der Waals surface area contributed by atoms with Gasteiger partial charge in [-0.2, -0.15) is 0 Å². The van der Waals surface area contributed by atoms with E-state index in [1.165, 1.54) is 0 Å². The molecule has 0 aliphatic heterocycles. The fourth-order valence-corrected chi connectivity index (χ4v) is 2.33. The van der Waals surface area contributed by atoms with Gasteiger partial charge in [0.15, 0.2) is 0 Å². The van der Waals surface area contributed by atoms with Crippen LogP contribution in [-0.4, -0.2) is 24.9 Å². The van der Waals surface area contributed by atoms with Crippen molar-refractivity contribution in [2.75, 3.05) is 18.5 Å². The molecule has 0 spiro atoms. The maximum atomic E-state index is 12.3. The highest BCUT2D eigenvalue weighted by molar-refractivity contribution is 6.32. The normalized spacial score (nSPS) is 11.2. The number of rotatable bonds is 11. The van der Waals surface area contributed by atoms with Crippen molar-refractivity contribution in [1.82, 2.24) is 0 Å². The summed E-state index contributed by atoms with van der Waals surface area (Å²) < 4.78 is 11.5. The van der Waals surface area contributed by atoms with E-state index < -0.39 is 5.41 Å². The predicted molar refractivity (Wildman–Crippen MR) is 110 cm³/mol. The van der Waals surface area contributed by atoms with E-state index in [-0.39, 0.29) is 18.1 Å². The number of nitrogens with one attached hydrogen (secondary N) is 1. The Morgan fingerprint density at radius 2 is 1.56 bits per heavy atom. The largest absolute Gasteiger partial charge is 0.492 e. The minimum absolute atomic E-state index is 0.123. The summed E-state index contributed by atoms with van der Waals surface area (Å²) in [6.07, 6.45) is 3.61. The Labute approximate surface area is 167 Å². The number of hydrogen-bond donors (Lipinski definition) is 1. The summed E-state index contributed by atoms with van der Waals surface area (Å²) in [6, 6.07) is 3.32. The standard InChI is InChI=1S/C21H32ClNO4/c1-6-8-10-26-17-13-16(18(12-15(17)22)27-11-9-7-2)23-20(25)14-19(24)21(3,4)5/h12-13H,6-11,14H2,1-5H3,(H,23,25). The number of anilines is 1. The molecule has 0 atom stereocenters. The van der Waals surface area contributed by atoms with Crippen molar-refractivity contribution >= 4 is 29.0 Å². The highest BCUT2D eigenvalue weighted by atomic mass is 35.5. The number of ether oxygens (including phenoxy) is 2. The molecule has 1 aromatic rings. The third-order valence-corrected chi connectivity index (χ3v) is 4.27. The van der Waals surface area contributed by atoms with Crippen LogP contribution in [0.15, 0.2) is 12.1 Å². The summed E-state index contributed by atoms with van der Waals surface area (Å²) >= 11 is 6.30. The van der Waals surface area contributed by atoms with Crippen LogP contribution in [-0.2, 0) is 9.59 Å². The van der Waals surface area contributed by atoms with Crippen molar-refractivity contribution in [1.29, 1.82) is 0 Å². The molecule has 0 aliphatic carbocycles. The maximum absolute atomic E-state index is 12.3. The van der Waals surface area contributed by atoms with Crippen LogP contribution in [0.2, 0.25) is 5.02 Å². The summed E-state index contributed by atoms with van der Waals surface area (Å²) in [6.45, 7) is 10.6. The molecule has 0 aromatic heterocycles. The first kappa shape index (κ1) is 23.3. The number of halogens is 1. The summed E-state index contributed by atoms with van der Waals surface area (Å²) in [7, 11) is 0. The van der Waals surface area contributed by atoms with Gasteiger partial charge in [0.1, 0.15) is 17.3 Å². The van der Waals surface area contributed by atoms with Gasteiger partial charge in [-0.15, -0.1) is 0 Å². The smallest absolute Gasteiger partial charge is 0.231 e. The monoisotopic (exact) mass is 397 g/mol. The van der Waals surface area contributed by atoms with Crippen LogP contribution in [0.1, 0.15) is 66.7 Å². The Kier molecular flexibility index (Phi) is 9.64. The Morgan fingerprint density at radius 3 is 2.07 bits per heavy atom. The van der Waals surface area contributed by atoms with Gasteiger partial charge in [-0.1, -0.05) is 59.1 Å². The summed E-state index contributed by atoms with van der Waals surface area (Å²) in [4.78, 5) is 24.5. The topological polar surface area (TPSA) is 64.6 Å². The lowest BCUT2D eigenvalue weighted by Crippen LogP contribution is -2.26. The fraction of sp³-hybridized carbons (Fsp3) is 0.619. The first-order valence-corrected chi connectivity index (χ1v) is 9.99. The van der Waals surface area contributed by atoms with Gasteiger partial charge in [0.2, 0.25) is 5.91 Å². The molecule has 0 radical (unpaired) electrons. The molecule has 152 valence electrons. The third-order valence-electron chi connectivity index (χ3n) is 3.98. The Bertz CT molecular complexity index is 638. The predicted octanol–water partition coefficient (Wildman–Crippen LogP) is 5.64. The van der Waals surface area contributed by atoms with Gasteiger partial charge in [-0.25, -0.2) is 0 Å². The zero-order valence-electron chi connectivity index (χ0n) is 17.1. The third kappa shape index (κ3) is 8.21. The number of carbonyl (C=O) groups is 2. The molecule has 0 saturated carbocycles. The van der Waals surface area contributed by atoms with Crippen molar-refractivity contribution in [2.24, 2.45) is 5.41 Å². The SMILES string of the molecule is CCCCOc1cc(NC(=O)CC(=O)C(C)(C)C)c(OCCCC)cc1Cl. The van der Waals surface area contributed by atoms with E-state index >= 15 is 0 Å². The zero-order chi connectivity index (χ0) is 20.4. The van der Waals surface area contributed by atoms with Crippen molar-refractivity contribution in [3.8, 4) is 11.5 Å². The molecule has 1 amide bonds. The van der Waals surface area contributed by atoms with E-state index in [9.17, 15) is 9.59 Å². The minimum atomic E-state index is -0.563. The van der Waals surface area contributed by atoms with Gasteiger partial charge in [-0.3, -0.25) is 9.59 Å². The van der Waals surface area contributed by atoms with Crippen LogP contribution < -0.4 is 14.8 Å². The summed E-state index contributed by atoms with van der Waals surface area (Å²) in [5, 5.41) is 3.21. The van der Waals surface area contributed by atoms with Crippen LogP contribution in [0.25, 0.3) is 0 Å². The molecule has 1 N–H and O–H groups in total. The number of unbranched alkanes of at least 4 members (excludes halogenated alkanes) is 2. The molecule has 0 heterocycles. The molecular formula is C21H32ClNO4. The highest BCUT2D eigenvalue weighted by Crippen LogP contribution is 2.36. The first-order valence-electron chi connectivity index (χ1n) is 9.61. The number of carbonyl (C=O) groups excluding carboxylic acids is 2. The first-order chi connectivity index (χ1) is 12.7. The molecule has 0 fully saturated rings. The molecule has 0 aliphatic rings. The zero-order valence-corrected chi connectivity index (χ0v) is 17.9. The number of amides is 1. The van der Waals surface area contributed by atoms with Crippen LogP contribution in [0.5, 0.6) is 11.5 Å². The summed E-state index contributed by atoms with van der Waals surface area (Å²) in [5.41, 5.74) is -0.0969. The van der Waals surface area contributed by atoms with E-state index in [0.29, 0.717) is 35.4 Å². The molecule has 0 bridgehead atoms. The molecule has 0 unspecified atom stereocenters. The van der Waals surface area contributed by atoms with Gasteiger partial charge in [-0.05, 0) is 12.8 Å². The minimum Gasteiger partial charge on any atom is -0.492 e. The Morgan fingerprint density at radius 1 is 1.00 bits per heavy atom. The average molecular weight is 398 g/mol. The van der Waals surface area contributed by atoms with E-state index in [4.69, 9.17) is 21.1 Å². The molecule has 27 heavy (non-hydrogen) atoms. The number of ketones is 1. The van der Waals surface area contributed by atoms with Crippen LogP contribution >= 0.6 is 11.6 Å². The van der Waals surface area contributed by atoms with Crippen LogP contribution in [0.3, 0.4) is 0 Å². The second kappa shape index (κ2) is 11.2. The molecule has 0 saturated heterocycles. The van der Waals surface area contributed by atoms with Crippen molar-refractivity contribution in [3.05, 3.63) is 17.2 Å². The molecular weight excluding hydrogens is 366 g/mol. The van der Waals surface area contributed by atoms with Crippen LogP contribution in [0.4, 0.5) is 5.69 Å². The highest BCUT2D eigenvalue weighted by Gasteiger charge is 2.24. The van der Waals surface area contributed by atoms with E-state index in [1.54, 1.807) is 32.9 Å². The van der Waals surface area contributed by atoms with Crippen molar-refractivity contribution in [2.45, 2.75) is 66.7 Å². The Balaban J connectivity index is 2.98. The lowest BCUT2D eigenvalue weighted by atomic mass is 9.89. The van der Waals surface area contributed by atoms with Gasteiger partial charge < -0.3 is 14.8 Å². The fourth-order valence-electron chi connectivity index (χ4n) is 2.12. The van der Waals surface area contributed by atoms with Crippen molar-refractivity contribution in [3.63, 3.8) is 0 Å². The Hall–Kier alpha value is -1.75. The lowest BCUT2D eigenvalue weighted by molar-refractivity contribution is -0.130. The molecule has 6 heteroatoms. The lowest BCUT2D eigenvalue weighted by Gasteiger charge is -2.18. The van der Waals surface area contributed by atoms with Crippen molar-refractivity contribution < 1.29 is 19.1 Å². The molecule has 1 aromatic carbocycles. The summed E-state index contributed by atoms with van der Waals surface area (Å²) in [5.74, 6) is 0.470. The molecule has 5 nitrogen and oxygen atoms in total. The van der Waals surface area contributed by atoms with E-state index in [0.717, 1.165) is 25.7 Å². The van der Waals surface area contributed by atoms with Crippen LogP contribution in [0, 0.1) is 5.41 Å². The maximum Gasteiger partial charge on any atom is 0.231 e. The van der Waals surface area contributed by atoms with Gasteiger partial charge in [0, 0.05) is 17.5 Å². The van der Waals surface area contributed by atoms with Gasteiger partial charge >= 0.3 is 0 Å². The number of hydrogen-bond acceptors (Lipinski definition) is 4. The van der Waals surface area contributed by atoms with Gasteiger partial charge in [0.05, 0.1) is 30.3 Å². The second-order valence-electron chi connectivity index (χ2n) is 7.58. The number of Topliss-reactive ketones (excluding diaryl/α,β-unsaturated/α-hetero) is 1. The van der Waals surface area contributed by atoms with Gasteiger partial charge in [0.25, 0.3) is 0 Å². The second-order valence-corrected chi connectivity index (χ2v) is 7.99.